The number of hydrogen-bond acceptors (Lipinski definition) is 12. The number of anilines is 4. The topological polar surface area (TPSA) is 160 Å². The largest absolute Gasteiger partial charge is 0.492 e. The maximum Gasteiger partial charge on any atom is 0.206 e. The molecule has 1 unspecified atom stereocenters. The molecule has 2 aliphatic heterocycles. The van der Waals surface area contributed by atoms with Crippen LogP contribution < -0.4 is 31.6 Å². The van der Waals surface area contributed by atoms with Crippen molar-refractivity contribution >= 4 is 105 Å². The number of Topliss-reactive ketones (excluding diaryl/α,β-unsaturated/α-hetero) is 1. The van der Waals surface area contributed by atoms with E-state index in [-0.39, 0.29) is 56.3 Å². The van der Waals surface area contributed by atoms with Gasteiger partial charge in [-0.1, -0.05) is 77.6 Å². The fourth-order valence-electron chi connectivity index (χ4n) is 6.88. The average Bonchev–Trinajstić information content (AvgIpc) is 4.13. The van der Waals surface area contributed by atoms with E-state index in [0.29, 0.717) is 46.3 Å². The molecule has 7 rings (SSSR count). The van der Waals surface area contributed by atoms with Crippen LogP contribution in [0.15, 0.2) is 102 Å². The fourth-order valence-corrected chi connectivity index (χ4v) is 8.80. The number of amidine groups is 1. The van der Waals surface area contributed by atoms with Crippen molar-refractivity contribution in [3.8, 4) is 11.5 Å². The number of ether oxygens (including phenoxy) is 2. The number of nitrogens with zero attached hydrogens (tertiary/aromatic N) is 4. The predicted molar refractivity (Wildman–Crippen MR) is 292 cm³/mol. The zero-order valence-corrected chi connectivity index (χ0v) is 43.5. The summed E-state index contributed by atoms with van der Waals surface area (Å²) >= 11 is 10.8. The van der Waals surface area contributed by atoms with Crippen LogP contribution in [0.2, 0.25) is 0 Å². The Kier molecular flexibility index (Phi) is 25.6. The number of ketones is 2. The number of nitrogens with one attached hydrogen (secondary N) is 2. The molecule has 5 aromatic rings. The number of halogens is 3. The second-order valence-corrected chi connectivity index (χ2v) is 18.7. The lowest BCUT2D eigenvalue weighted by atomic mass is 10.1. The third-order valence-corrected chi connectivity index (χ3v) is 12.8. The van der Waals surface area contributed by atoms with E-state index >= 15 is 0 Å². The fraction of sp³-hybridized carbons (Fsp3) is 0.367. The Bertz CT molecular complexity index is 2370. The Morgan fingerprint density at radius 3 is 1.81 bits per heavy atom. The van der Waals surface area contributed by atoms with Gasteiger partial charge in [-0.2, -0.15) is 14.9 Å². The molecule has 2 fully saturated rings. The van der Waals surface area contributed by atoms with Gasteiger partial charge in [-0.3, -0.25) is 19.4 Å². The standard InChI is InChI=1S/C23H25FN4O2S.C17H26N4OS2.C8H6BrFO.CH4.H3P/c1-15(28-11-2-3-12-28)14-30-19-9-7-18(8-10-19)26-23-27-22(25)21(31-23)20(29)16-5-4-6-17(24)13-16;1-3-24-16(18)20-17(23)19-14-6-8-15(9-7-14)22-12-13(2)21-10-4-5-11-21;9-5-8(11)6-2-1-3-7(10)4-6;;/h4-10,13,15H,2-3,11-12,14,25H2,1H3,(H,26,27);6-9,13H,3-5,10-12H2,1-2H3,(H3,18,19,20,23);1-4H,5H2;1H4;1H3/t15-;13-;;;/m11.../s1. The number of hydrogen-bond donors (Lipinski definition) is 4. The lowest BCUT2D eigenvalue weighted by molar-refractivity contribution is 0.102. The average molecular weight is 1070 g/mol. The molecule has 2 aliphatic rings. The number of carbonyl (C=O) groups excluding carboxylic acids is 2. The molecule has 1 aromatic heterocycles. The summed E-state index contributed by atoms with van der Waals surface area (Å²) in [6, 6.07) is 27.3. The molecule has 0 radical (unpaired) electrons. The highest BCUT2D eigenvalue weighted by Crippen LogP contribution is 2.30. The summed E-state index contributed by atoms with van der Waals surface area (Å²) in [6.07, 6.45) is 5.13. The van der Waals surface area contributed by atoms with Crippen molar-refractivity contribution in [3.63, 3.8) is 0 Å². The summed E-state index contributed by atoms with van der Waals surface area (Å²) in [4.78, 5) is 37.2. The number of benzene rings is 4. The van der Waals surface area contributed by atoms with Crippen LogP contribution in [0.25, 0.3) is 0 Å². The molecule has 0 spiro atoms. The van der Waals surface area contributed by atoms with E-state index in [1.54, 1.807) is 12.1 Å². The number of aromatic nitrogens is 1. The molecular formula is C49H64BrF2N8O4PS3. The molecule has 2 saturated heterocycles. The summed E-state index contributed by atoms with van der Waals surface area (Å²) in [5, 5.41) is 7.78. The molecule has 4 aromatic carbocycles. The van der Waals surface area contributed by atoms with E-state index in [4.69, 9.17) is 33.2 Å². The molecule has 0 aliphatic carbocycles. The molecule has 3 heterocycles. The van der Waals surface area contributed by atoms with Crippen molar-refractivity contribution < 1.29 is 27.8 Å². The Labute approximate surface area is 425 Å². The van der Waals surface area contributed by atoms with Gasteiger partial charge >= 0.3 is 0 Å². The van der Waals surface area contributed by atoms with Crippen molar-refractivity contribution in [3.05, 3.63) is 125 Å². The van der Waals surface area contributed by atoms with Crippen LogP contribution in [0.5, 0.6) is 11.5 Å². The molecular weight excluding hydrogens is 1010 g/mol. The number of aliphatic imine (C=N–C) groups is 1. The first-order valence-corrected chi connectivity index (χ1v) is 25.0. The summed E-state index contributed by atoms with van der Waals surface area (Å²) in [7, 11) is 0. The van der Waals surface area contributed by atoms with Crippen LogP contribution >= 0.6 is 61.1 Å². The number of thiazole rings is 1. The normalized spacial score (nSPS) is 14.4. The van der Waals surface area contributed by atoms with Gasteiger partial charge in [-0.25, -0.2) is 13.8 Å². The van der Waals surface area contributed by atoms with Gasteiger partial charge in [0.1, 0.15) is 47.0 Å². The maximum atomic E-state index is 13.4. The summed E-state index contributed by atoms with van der Waals surface area (Å²) in [5.41, 5.74) is 14.0. The number of nitrogen functional groups attached to an aromatic ring is 1. The number of thiocarbonyl (C=S) groups is 1. The number of carbonyl (C=O) groups is 2. The lowest BCUT2D eigenvalue weighted by Crippen LogP contribution is -2.34. The molecule has 368 valence electrons. The molecule has 0 saturated carbocycles. The Morgan fingerprint density at radius 2 is 1.32 bits per heavy atom. The zero-order valence-electron chi connectivity index (χ0n) is 38.0. The van der Waals surface area contributed by atoms with Crippen molar-refractivity contribution in [2.75, 3.05) is 66.8 Å². The molecule has 19 heteroatoms. The SMILES string of the molecule is C.CCSC(N)=NC(=S)Nc1ccc(OC[C@@H](C)N2CCCC2)cc1.C[C@H](COc1ccc(Nc2nc(N)c(C(=O)c3cccc(F)c3)s2)cc1)N1CCCC1.O=C(CBr)c1cccc(F)c1.P. The Morgan fingerprint density at radius 1 is 0.838 bits per heavy atom. The van der Waals surface area contributed by atoms with Crippen molar-refractivity contribution in [1.29, 1.82) is 0 Å². The number of likely N-dealkylation sites (tertiary alicyclic amines) is 2. The highest BCUT2D eigenvalue weighted by Gasteiger charge is 2.21. The molecule has 12 nitrogen and oxygen atoms in total. The van der Waals surface area contributed by atoms with E-state index in [0.717, 1.165) is 53.1 Å². The van der Waals surface area contributed by atoms with Gasteiger partial charge in [0.05, 0.1) is 5.33 Å². The molecule has 68 heavy (non-hydrogen) atoms. The highest BCUT2D eigenvalue weighted by molar-refractivity contribution is 9.09. The summed E-state index contributed by atoms with van der Waals surface area (Å²) in [5.74, 6) is 1.36. The number of thioether (sulfide) groups is 1. The van der Waals surface area contributed by atoms with Crippen LogP contribution in [0, 0.1) is 11.6 Å². The van der Waals surface area contributed by atoms with Crippen LogP contribution in [-0.4, -0.2) is 99.2 Å². The second-order valence-electron chi connectivity index (χ2n) is 15.4. The van der Waals surface area contributed by atoms with E-state index < -0.39 is 5.82 Å². The Hall–Kier alpha value is -4.55. The first kappa shape index (κ1) is 57.8. The van der Waals surface area contributed by atoms with Crippen molar-refractivity contribution in [2.24, 2.45) is 10.7 Å². The van der Waals surface area contributed by atoms with Gasteiger partial charge in [0.25, 0.3) is 0 Å². The molecule has 6 N–H and O–H groups in total. The minimum absolute atomic E-state index is 0. The number of nitrogens with two attached hydrogens (primary N) is 2. The summed E-state index contributed by atoms with van der Waals surface area (Å²) in [6.45, 7) is 12.5. The summed E-state index contributed by atoms with van der Waals surface area (Å²) < 4.78 is 37.7. The molecule has 3 atom stereocenters. The second kappa shape index (κ2) is 30.1. The number of alkyl halides is 1. The quantitative estimate of drug-likeness (QED) is 0.0185. The smallest absolute Gasteiger partial charge is 0.206 e. The minimum atomic E-state index is -0.468. The van der Waals surface area contributed by atoms with Crippen LogP contribution in [0.3, 0.4) is 0 Å². The number of rotatable bonds is 16. The third kappa shape index (κ3) is 19.1. The monoisotopic (exact) mass is 1070 g/mol. The highest BCUT2D eigenvalue weighted by atomic mass is 79.9. The van der Waals surface area contributed by atoms with Crippen LogP contribution in [0.4, 0.5) is 31.1 Å². The predicted octanol–water partition coefficient (Wildman–Crippen LogP) is 11.1. The van der Waals surface area contributed by atoms with Gasteiger partial charge in [-0.15, -0.1) is 0 Å². The lowest BCUT2D eigenvalue weighted by Gasteiger charge is -2.23. The van der Waals surface area contributed by atoms with E-state index in [1.807, 2.05) is 55.5 Å². The van der Waals surface area contributed by atoms with Crippen LogP contribution in [0.1, 0.15) is 79.5 Å². The first-order chi connectivity index (χ1) is 31.8. The van der Waals surface area contributed by atoms with Gasteiger partial charge in [-0.05, 0) is 156 Å². The molecule has 0 bridgehead atoms. The van der Waals surface area contributed by atoms with Gasteiger partial charge < -0.3 is 31.6 Å². The van der Waals surface area contributed by atoms with Crippen LogP contribution in [-0.2, 0) is 0 Å². The van der Waals surface area contributed by atoms with Crippen molar-refractivity contribution in [2.45, 2.75) is 66.0 Å². The van der Waals surface area contributed by atoms with E-state index in [1.165, 1.54) is 86.9 Å². The Balaban J connectivity index is 0.000000294. The van der Waals surface area contributed by atoms with Gasteiger partial charge in [0.15, 0.2) is 21.2 Å². The van der Waals surface area contributed by atoms with Crippen molar-refractivity contribution in [1.82, 2.24) is 14.8 Å². The zero-order chi connectivity index (χ0) is 47.4. The van der Waals surface area contributed by atoms with E-state index in [2.05, 4.69) is 60.2 Å². The minimum Gasteiger partial charge on any atom is -0.492 e. The first-order valence-electron chi connectivity index (χ1n) is 21.7. The van der Waals surface area contributed by atoms with Gasteiger partial charge in [0.2, 0.25) is 5.78 Å². The van der Waals surface area contributed by atoms with Gasteiger partial charge in [0, 0.05) is 34.6 Å². The van der Waals surface area contributed by atoms with E-state index in [9.17, 15) is 18.4 Å². The third-order valence-electron chi connectivity index (χ3n) is 10.4. The maximum absolute atomic E-state index is 13.4. The molecule has 0 amide bonds.